The van der Waals surface area contributed by atoms with E-state index in [1.54, 1.807) is 31.2 Å². The van der Waals surface area contributed by atoms with E-state index in [0.717, 1.165) is 29.7 Å². The van der Waals surface area contributed by atoms with Gasteiger partial charge < -0.3 is 10.1 Å². The van der Waals surface area contributed by atoms with Gasteiger partial charge >= 0.3 is 0 Å². The highest BCUT2D eigenvalue weighted by atomic mass is 35.5. The minimum atomic E-state index is -0.592. The lowest BCUT2D eigenvalue weighted by Gasteiger charge is -2.18. The molecular formula is C19H22ClNO2. The van der Waals surface area contributed by atoms with Crippen molar-refractivity contribution in [3.05, 3.63) is 58.6 Å². The van der Waals surface area contributed by atoms with Gasteiger partial charge in [0.2, 0.25) is 0 Å². The van der Waals surface area contributed by atoms with Crippen LogP contribution >= 0.6 is 11.6 Å². The van der Waals surface area contributed by atoms with Gasteiger partial charge in [0.1, 0.15) is 5.75 Å². The largest absolute Gasteiger partial charge is 0.481 e. The lowest BCUT2D eigenvalue weighted by Crippen LogP contribution is -2.30. The molecule has 0 aliphatic heterocycles. The SMILES string of the molecule is CCc1cccc(CC)c1NC(=O)[C@@H](C)Oc1ccc(Cl)cc1. The van der Waals surface area contributed by atoms with Crippen LogP contribution in [0.5, 0.6) is 5.75 Å². The Morgan fingerprint density at radius 2 is 1.65 bits per heavy atom. The van der Waals surface area contributed by atoms with Crippen LogP contribution in [0.2, 0.25) is 5.02 Å². The molecule has 2 aromatic rings. The van der Waals surface area contributed by atoms with Gasteiger partial charge in [0.25, 0.3) is 5.91 Å². The van der Waals surface area contributed by atoms with E-state index >= 15 is 0 Å². The molecule has 0 saturated heterocycles. The number of benzene rings is 2. The summed E-state index contributed by atoms with van der Waals surface area (Å²) >= 11 is 5.85. The third-order valence-corrected chi connectivity index (χ3v) is 3.99. The van der Waals surface area contributed by atoms with Gasteiger partial charge in [0, 0.05) is 10.7 Å². The van der Waals surface area contributed by atoms with Gasteiger partial charge in [-0.05, 0) is 55.2 Å². The Morgan fingerprint density at radius 1 is 1.09 bits per heavy atom. The molecule has 23 heavy (non-hydrogen) atoms. The molecule has 0 aromatic heterocycles. The Kier molecular flexibility index (Phi) is 6.05. The van der Waals surface area contributed by atoms with E-state index in [9.17, 15) is 4.79 Å². The minimum Gasteiger partial charge on any atom is -0.481 e. The summed E-state index contributed by atoms with van der Waals surface area (Å²) in [6, 6.07) is 13.1. The van der Waals surface area contributed by atoms with Crippen LogP contribution in [0.25, 0.3) is 0 Å². The zero-order valence-electron chi connectivity index (χ0n) is 13.7. The van der Waals surface area contributed by atoms with Crippen molar-refractivity contribution in [2.75, 3.05) is 5.32 Å². The molecular weight excluding hydrogens is 310 g/mol. The predicted molar refractivity (Wildman–Crippen MR) is 95.4 cm³/mol. The molecule has 1 amide bonds. The zero-order valence-corrected chi connectivity index (χ0v) is 14.5. The Labute approximate surface area is 142 Å². The van der Waals surface area contributed by atoms with E-state index in [2.05, 4.69) is 19.2 Å². The van der Waals surface area contributed by atoms with Crippen molar-refractivity contribution < 1.29 is 9.53 Å². The fourth-order valence-corrected chi connectivity index (χ4v) is 2.52. The molecule has 0 saturated carbocycles. The number of anilines is 1. The Balaban J connectivity index is 2.10. The standard InChI is InChI=1S/C19H22ClNO2/c1-4-14-7-6-8-15(5-2)18(14)21-19(22)13(3)23-17-11-9-16(20)10-12-17/h6-13H,4-5H2,1-3H3,(H,21,22)/t13-/m1/s1. The fraction of sp³-hybridized carbons (Fsp3) is 0.316. The molecule has 0 bridgehead atoms. The summed E-state index contributed by atoms with van der Waals surface area (Å²) in [5.74, 6) is 0.465. The average Bonchev–Trinajstić information content (AvgIpc) is 2.56. The van der Waals surface area contributed by atoms with Crippen LogP contribution in [0.1, 0.15) is 31.9 Å². The second-order valence-electron chi connectivity index (χ2n) is 5.36. The number of rotatable bonds is 6. The molecule has 122 valence electrons. The molecule has 0 radical (unpaired) electrons. The van der Waals surface area contributed by atoms with Gasteiger partial charge in [-0.1, -0.05) is 43.6 Å². The first-order valence-corrected chi connectivity index (χ1v) is 8.26. The minimum absolute atomic E-state index is 0.157. The first-order chi connectivity index (χ1) is 11.0. The summed E-state index contributed by atoms with van der Waals surface area (Å²) in [5.41, 5.74) is 3.18. The van der Waals surface area contributed by atoms with Gasteiger partial charge in [-0.3, -0.25) is 4.79 Å². The van der Waals surface area contributed by atoms with E-state index in [4.69, 9.17) is 16.3 Å². The molecule has 1 N–H and O–H groups in total. The number of para-hydroxylation sites is 1. The van der Waals surface area contributed by atoms with Crippen molar-refractivity contribution in [3.63, 3.8) is 0 Å². The lowest BCUT2D eigenvalue weighted by atomic mass is 10.0. The highest BCUT2D eigenvalue weighted by Gasteiger charge is 2.17. The van der Waals surface area contributed by atoms with Crippen molar-refractivity contribution in [1.29, 1.82) is 0 Å². The summed E-state index contributed by atoms with van der Waals surface area (Å²) < 4.78 is 5.68. The molecule has 0 heterocycles. The predicted octanol–water partition coefficient (Wildman–Crippen LogP) is 4.87. The van der Waals surface area contributed by atoms with Crippen LogP contribution in [-0.4, -0.2) is 12.0 Å². The van der Waals surface area contributed by atoms with Gasteiger partial charge in [-0.25, -0.2) is 0 Å². The maximum atomic E-state index is 12.5. The van der Waals surface area contributed by atoms with E-state index in [0.29, 0.717) is 10.8 Å². The zero-order chi connectivity index (χ0) is 16.8. The smallest absolute Gasteiger partial charge is 0.265 e. The lowest BCUT2D eigenvalue weighted by molar-refractivity contribution is -0.122. The van der Waals surface area contributed by atoms with E-state index in [1.807, 2.05) is 18.2 Å². The summed E-state index contributed by atoms with van der Waals surface area (Å²) in [5, 5.41) is 3.66. The van der Waals surface area contributed by atoms with Crippen LogP contribution in [0.4, 0.5) is 5.69 Å². The first-order valence-electron chi connectivity index (χ1n) is 7.89. The molecule has 0 unspecified atom stereocenters. The Morgan fingerprint density at radius 3 is 2.17 bits per heavy atom. The summed E-state index contributed by atoms with van der Waals surface area (Å²) in [6.07, 6.45) is 1.15. The van der Waals surface area contributed by atoms with E-state index in [1.165, 1.54) is 0 Å². The topological polar surface area (TPSA) is 38.3 Å². The van der Waals surface area contributed by atoms with E-state index < -0.39 is 6.10 Å². The Hall–Kier alpha value is -2.00. The third-order valence-electron chi connectivity index (χ3n) is 3.74. The quantitative estimate of drug-likeness (QED) is 0.820. The van der Waals surface area contributed by atoms with Crippen molar-refractivity contribution in [3.8, 4) is 5.75 Å². The molecule has 0 aliphatic carbocycles. The van der Waals surface area contributed by atoms with Crippen LogP contribution in [0.3, 0.4) is 0 Å². The number of amides is 1. The Bertz CT molecular complexity index is 645. The molecule has 0 spiro atoms. The maximum Gasteiger partial charge on any atom is 0.265 e. The van der Waals surface area contributed by atoms with Crippen LogP contribution in [-0.2, 0) is 17.6 Å². The third kappa shape index (κ3) is 4.49. The second-order valence-corrected chi connectivity index (χ2v) is 5.80. The number of nitrogens with one attached hydrogen (secondary N) is 1. The molecule has 2 aromatic carbocycles. The fourth-order valence-electron chi connectivity index (χ4n) is 2.40. The number of hydrogen-bond acceptors (Lipinski definition) is 2. The molecule has 1 atom stereocenters. The monoisotopic (exact) mass is 331 g/mol. The van der Waals surface area contributed by atoms with Crippen LogP contribution < -0.4 is 10.1 Å². The summed E-state index contributed by atoms with van der Waals surface area (Å²) in [4.78, 5) is 12.5. The number of aryl methyl sites for hydroxylation is 2. The number of carbonyl (C=O) groups is 1. The van der Waals surface area contributed by atoms with Crippen molar-refractivity contribution >= 4 is 23.2 Å². The van der Waals surface area contributed by atoms with Gasteiger partial charge in [0.15, 0.2) is 6.10 Å². The maximum absolute atomic E-state index is 12.5. The first kappa shape index (κ1) is 17.4. The number of carbonyl (C=O) groups excluding carboxylic acids is 1. The number of hydrogen-bond donors (Lipinski definition) is 1. The molecule has 0 fully saturated rings. The van der Waals surface area contributed by atoms with Crippen LogP contribution in [0, 0.1) is 0 Å². The van der Waals surface area contributed by atoms with Crippen molar-refractivity contribution in [2.45, 2.75) is 39.7 Å². The second kappa shape index (κ2) is 8.02. The van der Waals surface area contributed by atoms with Crippen molar-refractivity contribution in [2.24, 2.45) is 0 Å². The highest BCUT2D eigenvalue weighted by Crippen LogP contribution is 2.23. The van der Waals surface area contributed by atoms with Gasteiger partial charge in [-0.15, -0.1) is 0 Å². The van der Waals surface area contributed by atoms with E-state index in [-0.39, 0.29) is 5.91 Å². The highest BCUT2D eigenvalue weighted by molar-refractivity contribution is 6.30. The number of ether oxygens (including phenoxy) is 1. The van der Waals surface area contributed by atoms with Crippen molar-refractivity contribution in [1.82, 2.24) is 0 Å². The summed E-state index contributed by atoms with van der Waals surface area (Å²) in [7, 11) is 0. The normalized spacial score (nSPS) is 11.8. The molecule has 4 heteroatoms. The van der Waals surface area contributed by atoms with Gasteiger partial charge in [0.05, 0.1) is 0 Å². The molecule has 2 rings (SSSR count). The van der Waals surface area contributed by atoms with Crippen LogP contribution in [0.15, 0.2) is 42.5 Å². The summed E-state index contributed by atoms with van der Waals surface area (Å²) in [6.45, 7) is 5.90. The average molecular weight is 332 g/mol. The van der Waals surface area contributed by atoms with Gasteiger partial charge in [-0.2, -0.15) is 0 Å². The number of halogens is 1. The molecule has 3 nitrogen and oxygen atoms in total. The molecule has 0 aliphatic rings.